The zero-order valence-corrected chi connectivity index (χ0v) is 11.8. The lowest BCUT2D eigenvalue weighted by Crippen LogP contribution is -2.42. The highest BCUT2D eigenvalue weighted by Crippen LogP contribution is 2.27. The van der Waals surface area contributed by atoms with Crippen molar-refractivity contribution in [1.82, 2.24) is 4.90 Å². The molecule has 2 atom stereocenters. The van der Waals surface area contributed by atoms with E-state index in [-0.39, 0.29) is 6.54 Å². The van der Waals surface area contributed by atoms with E-state index >= 15 is 0 Å². The average molecular weight is 298 g/mol. The summed E-state index contributed by atoms with van der Waals surface area (Å²) in [5.41, 5.74) is 0.703. The Balaban J connectivity index is 2.22. The topological polar surface area (TPSA) is 66.8 Å². The summed E-state index contributed by atoms with van der Waals surface area (Å²) in [5, 5.41) is 9.84. The van der Waals surface area contributed by atoms with E-state index in [2.05, 4.69) is 0 Å². The summed E-state index contributed by atoms with van der Waals surface area (Å²) in [6.45, 7) is 2.05. The molecule has 0 radical (unpaired) electrons. The number of hydrogen-bond donors (Lipinski definition) is 1. The first kappa shape index (κ1) is 14.7. The molecule has 2 rings (SSSR count). The molecule has 0 saturated carbocycles. The molecule has 1 aromatic carbocycles. The van der Waals surface area contributed by atoms with Crippen LogP contribution in [0.4, 0.5) is 4.79 Å². The molecule has 1 aromatic rings. The molecule has 1 saturated heterocycles. The third kappa shape index (κ3) is 2.88. The van der Waals surface area contributed by atoms with Crippen molar-refractivity contribution in [3.63, 3.8) is 0 Å². The van der Waals surface area contributed by atoms with Gasteiger partial charge in [0.2, 0.25) is 0 Å². The highest BCUT2D eigenvalue weighted by atomic mass is 35.5. The quantitative estimate of drug-likeness (QED) is 0.907. The lowest BCUT2D eigenvalue weighted by molar-refractivity contribution is -0.143. The Morgan fingerprint density at radius 1 is 1.45 bits per heavy atom. The van der Waals surface area contributed by atoms with Gasteiger partial charge in [-0.3, -0.25) is 4.90 Å². The third-order valence-corrected chi connectivity index (χ3v) is 3.67. The lowest BCUT2D eigenvalue weighted by Gasteiger charge is -2.21. The van der Waals surface area contributed by atoms with Gasteiger partial charge in [-0.25, -0.2) is 9.59 Å². The molecule has 1 aliphatic heterocycles. The van der Waals surface area contributed by atoms with Crippen LogP contribution >= 0.6 is 11.6 Å². The standard InChI is InChI=1S/C14H16ClNO4/c1-2-5-11-12(13(17)18)16(14(19)20-11)8-9-6-3-4-7-10(9)15/h3-4,6-7,11-12H,2,5,8H2,1H3,(H,17,18)/t11-,12+/m0/s1. The smallest absolute Gasteiger partial charge is 0.411 e. The molecule has 1 aliphatic rings. The van der Waals surface area contributed by atoms with Gasteiger partial charge in [-0.05, 0) is 18.1 Å². The summed E-state index contributed by atoms with van der Waals surface area (Å²) < 4.78 is 5.16. The highest BCUT2D eigenvalue weighted by molar-refractivity contribution is 6.31. The SMILES string of the molecule is CCC[C@@H]1OC(=O)N(Cc2ccccc2Cl)[C@H]1C(=O)O. The van der Waals surface area contributed by atoms with E-state index in [1.165, 1.54) is 4.90 Å². The molecule has 1 N–H and O–H groups in total. The second-order valence-corrected chi connectivity index (χ2v) is 5.12. The number of amides is 1. The Kier molecular flexibility index (Phi) is 4.49. The van der Waals surface area contributed by atoms with Gasteiger partial charge in [-0.2, -0.15) is 0 Å². The summed E-state index contributed by atoms with van der Waals surface area (Å²) in [4.78, 5) is 24.5. The van der Waals surface area contributed by atoms with Crippen molar-refractivity contribution in [3.8, 4) is 0 Å². The molecule has 108 valence electrons. The van der Waals surface area contributed by atoms with Gasteiger partial charge in [0.15, 0.2) is 6.04 Å². The zero-order chi connectivity index (χ0) is 14.7. The van der Waals surface area contributed by atoms with E-state index < -0.39 is 24.2 Å². The van der Waals surface area contributed by atoms with Crippen LogP contribution in [0, 0.1) is 0 Å². The number of benzene rings is 1. The predicted molar refractivity (Wildman–Crippen MR) is 73.6 cm³/mol. The summed E-state index contributed by atoms with van der Waals surface area (Å²) >= 11 is 6.05. The van der Waals surface area contributed by atoms with E-state index in [9.17, 15) is 14.7 Å². The zero-order valence-electron chi connectivity index (χ0n) is 11.1. The van der Waals surface area contributed by atoms with Gasteiger partial charge >= 0.3 is 12.1 Å². The third-order valence-electron chi connectivity index (χ3n) is 3.30. The Bertz CT molecular complexity index is 520. The molecule has 1 amide bonds. The summed E-state index contributed by atoms with van der Waals surface area (Å²) in [6.07, 6.45) is 0.0758. The van der Waals surface area contributed by atoms with Crippen LogP contribution in [0.2, 0.25) is 5.02 Å². The van der Waals surface area contributed by atoms with Crippen molar-refractivity contribution in [3.05, 3.63) is 34.9 Å². The van der Waals surface area contributed by atoms with Crippen molar-refractivity contribution in [2.45, 2.75) is 38.5 Å². The molecular formula is C14H16ClNO4. The first-order chi connectivity index (χ1) is 9.54. The molecule has 0 bridgehead atoms. The minimum absolute atomic E-state index is 0.135. The largest absolute Gasteiger partial charge is 0.480 e. The number of carboxylic acid groups (broad SMARTS) is 1. The number of halogens is 1. The van der Waals surface area contributed by atoms with Crippen molar-refractivity contribution in [1.29, 1.82) is 0 Å². The van der Waals surface area contributed by atoms with Crippen LogP contribution in [0.25, 0.3) is 0 Å². The summed E-state index contributed by atoms with van der Waals surface area (Å²) in [7, 11) is 0. The number of nitrogens with zero attached hydrogens (tertiary/aromatic N) is 1. The van der Waals surface area contributed by atoms with Crippen LogP contribution in [0.3, 0.4) is 0 Å². The first-order valence-corrected chi connectivity index (χ1v) is 6.85. The van der Waals surface area contributed by atoms with Crippen LogP contribution in [0.5, 0.6) is 0 Å². The maximum atomic E-state index is 11.9. The van der Waals surface area contributed by atoms with E-state index in [1.54, 1.807) is 24.3 Å². The average Bonchev–Trinajstić information content (AvgIpc) is 2.69. The van der Waals surface area contributed by atoms with Gasteiger partial charge in [0.05, 0.1) is 6.54 Å². The fourth-order valence-corrected chi connectivity index (χ4v) is 2.54. The number of carbonyl (C=O) groups is 2. The number of hydrogen-bond acceptors (Lipinski definition) is 3. The van der Waals surface area contributed by atoms with Gasteiger partial charge in [0, 0.05) is 5.02 Å². The number of carboxylic acids is 1. The van der Waals surface area contributed by atoms with Gasteiger partial charge in [0.25, 0.3) is 0 Å². The maximum Gasteiger partial charge on any atom is 0.411 e. The molecule has 5 nitrogen and oxygen atoms in total. The minimum atomic E-state index is -1.05. The van der Waals surface area contributed by atoms with Gasteiger partial charge in [-0.15, -0.1) is 0 Å². The second kappa shape index (κ2) is 6.13. The van der Waals surface area contributed by atoms with E-state index in [4.69, 9.17) is 16.3 Å². The number of carbonyl (C=O) groups excluding carboxylic acids is 1. The summed E-state index contributed by atoms with van der Waals surface area (Å²) in [6, 6.07) is 6.09. The fraction of sp³-hybridized carbons (Fsp3) is 0.429. The van der Waals surface area contributed by atoms with E-state index in [0.29, 0.717) is 17.0 Å². The molecule has 6 heteroatoms. The molecule has 0 spiro atoms. The van der Waals surface area contributed by atoms with Crippen molar-refractivity contribution < 1.29 is 19.4 Å². The second-order valence-electron chi connectivity index (χ2n) is 4.71. The fourth-order valence-electron chi connectivity index (χ4n) is 2.34. The molecule has 1 heterocycles. The highest BCUT2D eigenvalue weighted by Gasteiger charge is 2.45. The van der Waals surface area contributed by atoms with Crippen LogP contribution in [-0.2, 0) is 16.1 Å². The maximum absolute atomic E-state index is 11.9. The normalized spacial score (nSPS) is 21.9. The Morgan fingerprint density at radius 3 is 2.75 bits per heavy atom. The number of rotatable bonds is 5. The van der Waals surface area contributed by atoms with E-state index in [0.717, 1.165) is 6.42 Å². The minimum Gasteiger partial charge on any atom is -0.480 e. The van der Waals surface area contributed by atoms with Crippen LogP contribution in [-0.4, -0.2) is 34.2 Å². The summed E-state index contributed by atoms with van der Waals surface area (Å²) in [5.74, 6) is -1.05. The van der Waals surface area contributed by atoms with Gasteiger partial charge in [0.1, 0.15) is 6.10 Å². The Morgan fingerprint density at radius 2 is 2.15 bits per heavy atom. The van der Waals surface area contributed by atoms with Crippen molar-refractivity contribution >= 4 is 23.7 Å². The van der Waals surface area contributed by atoms with Crippen molar-refractivity contribution in [2.75, 3.05) is 0 Å². The van der Waals surface area contributed by atoms with Gasteiger partial charge in [-0.1, -0.05) is 43.1 Å². The van der Waals surface area contributed by atoms with Crippen molar-refractivity contribution in [2.24, 2.45) is 0 Å². The Labute approximate surface area is 122 Å². The molecule has 0 aromatic heterocycles. The molecule has 0 aliphatic carbocycles. The van der Waals surface area contributed by atoms with Crippen LogP contribution in [0.1, 0.15) is 25.3 Å². The van der Waals surface area contributed by atoms with E-state index in [1.807, 2.05) is 6.92 Å². The number of cyclic esters (lactones) is 1. The molecule has 1 fully saturated rings. The van der Waals surface area contributed by atoms with Crippen LogP contribution in [0.15, 0.2) is 24.3 Å². The molecular weight excluding hydrogens is 282 g/mol. The lowest BCUT2D eigenvalue weighted by atomic mass is 10.1. The van der Waals surface area contributed by atoms with Gasteiger partial charge < -0.3 is 9.84 Å². The molecule has 0 unspecified atom stereocenters. The number of aliphatic carboxylic acids is 1. The van der Waals surface area contributed by atoms with Crippen LogP contribution < -0.4 is 0 Å². The molecule has 20 heavy (non-hydrogen) atoms. The first-order valence-electron chi connectivity index (χ1n) is 6.48. The predicted octanol–water partition coefficient (Wildman–Crippen LogP) is 2.91. The monoisotopic (exact) mass is 297 g/mol. The number of ether oxygens (including phenoxy) is 1. The Hall–Kier alpha value is -1.75.